The Kier molecular flexibility index (Phi) is 4.55. The highest BCUT2D eigenvalue weighted by Crippen LogP contribution is 2.21. The van der Waals surface area contributed by atoms with Crippen LogP contribution in [0.15, 0.2) is 18.3 Å². The lowest BCUT2D eigenvalue weighted by Crippen LogP contribution is -2.46. The maximum Gasteiger partial charge on any atom is 0.322 e. The number of amides is 2. The zero-order valence-electron chi connectivity index (χ0n) is 11.5. The van der Waals surface area contributed by atoms with Crippen LogP contribution in [0.5, 0.6) is 0 Å². The van der Waals surface area contributed by atoms with Gasteiger partial charge in [-0.3, -0.25) is 9.78 Å². The van der Waals surface area contributed by atoms with Crippen molar-refractivity contribution in [1.29, 1.82) is 0 Å². The topological polar surface area (TPSA) is 82.5 Å². The molecule has 0 bridgehead atoms. The number of likely N-dealkylation sites (tertiary alicyclic amines) is 1. The molecule has 2 N–H and O–H groups in total. The smallest absolute Gasteiger partial charge is 0.322 e. The number of urea groups is 1. The molecule has 1 aromatic heterocycles. The molecule has 0 aromatic carbocycles. The Labute approximate surface area is 117 Å². The van der Waals surface area contributed by atoms with Gasteiger partial charge in [-0.25, -0.2) is 4.79 Å². The zero-order chi connectivity index (χ0) is 14.5. The Balaban J connectivity index is 2.06. The third-order valence-electron chi connectivity index (χ3n) is 3.55. The number of nitrogens with one attached hydrogen (secondary N) is 1. The monoisotopic (exact) mass is 277 g/mol. The number of rotatable bonds is 3. The van der Waals surface area contributed by atoms with Gasteiger partial charge in [0, 0.05) is 18.8 Å². The molecule has 0 spiro atoms. The van der Waals surface area contributed by atoms with Gasteiger partial charge in [-0.05, 0) is 38.3 Å². The molecule has 6 nitrogen and oxygen atoms in total. The van der Waals surface area contributed by atoms with Gasteiger partial charge in [0.1, 0.15) is 0 Å². The summed E-state index contributed by atoms with van der Waals surface area (Å²) in [7, 11) is 0. The van der Waals surface area contributed by atoms with Gasteiger partial charge in [-0.2, -0.15) is 0 Å². The van der Waals surface area contributed by atoms with Crippen molar-refractivity contribution in [2.45, 2.75) is 38.6 Å². The van der Waals surface area contributed by atoms with Crippen molar-refractivity contribution >= 4 is 17.7 Å². The molecule has 1 atom stereocenters. The quantitative estimate of drug-likeness (QED) is 0.887. The second-order valence-electron chi connectivity index (χ2n) is 5.01. The van der Waals surface area contributed by atoms with Crippen LogP contribution in [0.4, 0.5) is 10.5 Å². The summed E-state index contributed by atoms with van der Waals surface area (Å²) in [5.41, 5.74) is 1.41. The van der Waals surface area contributed by atoms with E-state index < -0.39 is 5.97 Å². The van der Waals surface area contributed by atoms with Crippen molar-refractivity contribution in [1.82, 2.24) is 9.88 Å². The molecule has 0 saturated carbocycles. The zero-order valence-corrected chi connectivity index (χ0v) is 11.5. The summed E-state index contributed by atoms with van der Waals surface area (Å²) >= 11 is 0. The number of nitrogens with zero attached hydrogens (tertiary/aromatic N) is 2. The highest BCUT2D eigenvalue weighted by molar-refractivity contribution is 5.90. The summed E-state index contributed by atoms with van der Waals surface area (Å²) in [6.07, 6.45) is 4.29. The Bertz CT molecular complexity index is 504. The lowest BCUT2D eigenvalue weighted by Gasteiger charge is -2.35. The molecule has 0 radical (unpaired) electrons. The van der Waals surface area contributed by atoms with Gasteiger partial charge in [0.15, 0.2) is 0 Å². The molecule has 20 heavy (non-hydrogen) atoms. The lowest BCUT2D eigenvalue weighted by molar-refractivity contribution is -0.138. The van der Waals surface area contributed by atoms with Gasteiger partial charge in [0.2, 0.25) is 0 Å². The lowest BCUT2D eigenvalue weighted by atomic mass is 10.00. The third kappa shape index (κ3) is 3.46. The Hall–Kier alpha value is -2.11. The minimum Gasteiger partial charge on any atom is -0.481 e. The highest BCUT2D eigenvalue weighted by Gasteiger charge is 2.28. The molecule has 2 heterocycles. The number of carboxylic acid groups (broad SMARTS) is 1. The van der Waals surface area contributed by atoms with Crippen LogP contribution in [0.3, 0.4) is 0 Å². The molecule has 0 aliphatic carbocycles. The van der Waals surface area contributed by atoms with E-state index >= 15 is 0 Å². The van der Waals surface area contributed by atoms with E-state index in [9.17, 15) is 9.59 Å². The van der Waals surface area contributed by atoms with E-state index in [-0.39, 0.29) is 18.5 Å². The maximum absolute atomic E-state index is 12.3. The Morgan fingerprint density at radius 3 is 3.00 bits per heavy atom. The number of anilines is 1. The fraction of sp³-hybridized carbons (Fsp3) is 0.500. The van der Waals surface area contributed by atoms with E-state index in [1.807, 2.05) is 6.92 Å². The standard InChI is InChI=1S/C14H19N3O3/c1-10-12(6-4-7-15-10)16-14(20)17-8-3-2-5-11(17)9-13(18)19/h4,6-7,11H,2-3,5,8-9H2,1H3,(H,16,20)(H,18,19). The van der Waals surface area contributed by atoms with Gasteiger partial charge >= 0.3 is 12.0 Å². The van der Waals surface area contributed by atoms with E-state index in [4.69, 9.17) is 5.11 Å². The average Bonchev–Trinajstić information content (AvgIpc) is 2.41. The van der Waals surface area contributed by atoms with Crippen LogP contribution in [0.2, 0.25) is 0 Å². The first-order chi connectivity index (χ1) is 9.58. The van der Waals surface area contributed by atoms with Crippen LogP contribution < -0.4 is 5.32 Å². The third-order valence-corrected chi connectivity index (χ3v) is 3.55. The molecule has 1 unspecified atom stereocenters. The van der Waals surface area contributed by atoms with E-state index in [0.717, 1.165) is 25.0 Å². The van der Waals surface area contributed by atoms with Gasteiger partial charge in [0.25, 0.3) is 0 Å². The average molecular weight is 277 g/mol. The number of carbonyl (C=O) groups excluding carboxylic acids is 1. The van der Waals surface area contributed by atoms with Crippen molar-refractivity contribution in [3.05, 3.63) is 24.0 Å². The van der Waals surface area contributed by atoms with Crippen LogP contribution >= 0.6 is 0 Å². The van der Waals surface area contributed by atoms with Crippen molar-refractivity contribution < 1.29 is 14.7 Å². The Morgan fingerprint density at radius 2 is 2.30 bits per heavy atom. The normalized spacial score (nSPS) is 18.6. The summed E-state index contributed by atoms with van der Waals surface area (Å²) < 4.78 is 0. The molecule has 108 valence electrons. The molecular formula is C14H19N3O3. The number of aromatic nitrogens is 1. The van der Waals surface area contributed by atoms with E-state index in [1.165, 1.54) is 0 Å². The molecule has 6 heteroatoms. The number of carboxylic acids is 1. The van der Waals surface area contributed by atoms with Crippen LogP contribution in [0.1, 0.15) is 31.4 Å². The SMILES string of the molecule is Cc1ncccc1NC(=O)N1CCCCC1CC(=O)O. The summed E-state index contributed by atoms with van der Waals surface area (Å²) in [6, 6.07) is 3.08. The number of hydrogen-bond donors (Lipinski definition) is 2. The summed E-state index contributed by atoms with van der Waals surface area (Å²) in [5, 5.41) is 11.7. The predicted octanol–water partition coefficient (Wildman–Crippen LogP) is 2.25. The first-order valence-electron chi connectivity index (χ1n) is 6.79. The molecule has 1 fully saturated rings. The number of aryl methyl sites for hydroxylation is 1. The molecule has 2 rings (SSSR count). The largest absolute Gasteiger partial charge is 0.481 e. The molecular weight excluding hydrogens is 258 g/mol. The number of pyridine rings is 1. The number of hydrogen-bond acceptors (Lipinski definition) is 3. The summed E-state index contributed by atoms with van der Waals surface area (Å²) in [6.45, 7) is 2.42. The second kappa shape index (κ2) is 6.36. The maximum atomic E-state index is 12.3. The van der Waals surface area contributed by atoms with Crippen molar-refractivity contribution in [2.24, 2.45) is 0 Å². The summed E-state index contributed by atoms with van der Waals surface area (Å²) in [5.74, 6) is -0.868. The molecule has 1 aromatic rings. The number of piperidine rings is 1. The molecule has 1 aliphatic rings. The fourth-order valence-electron chi connectivity index (χ4n) is 2.49. The summed E-state index contributed by atoms with van der Waals surface area (Å²) in [4.78, 5) is 28.9. The van der Waals surface area contributed by atoms with Crippen molar-refractivity contribution in [3.63, 3.8) is 0 Å². The van der Waals surface area contributed by atoms with Crippen LogP contribution in [0, 0.1) is 6.92 Å². The second-order valence-corrected chi connectivity index (χ2v) is 5.01. The number of carbonyl (C=O) groups is 2. The van der Waals surface area contributed by atoms with Crippen LogP contribution in [0.25, 0.3) is 0 Å². The van der Waals surface area contributed by atoms with E-state index in [1.54, 1.807) is 23.2 Å². The first kappa shape index (κ1) is 14.3. The molecule has 2 amide bonds. The van der Waals surface area contributed by atoms with E-state index in [0.29, 0.717) is 12.2 Å². The van der Waals surface area contributed by atoms with Crippen molar-refractivity contribution in [3.8, 4) is 0 Å². The first-order valence-corrected chi connectivity index (χ1v) is 6.79. The molecule has 1 aliphatic heterocycles. The highest BCUT2D eigenvalue weighted by atomic mass is 16.4. The number of aliphatic carboxylic acids is 1. The van der Waals surface area contributed by atoms with Gasteiger partial charge in [-0.1, -0.05) is 0 Å². The van der Waals surface area contributed by atoms with Crippen LogP contribution in [-0.4, -0.2) is 39.6 Å². The van der Waals surface area contributed by atoms with Gasteiger partial charge in [-0.15, -0.1) is 0 Å². The van der Waals surface area contributed by atoms with Crippen LogP contribution in [-0.2, 0) is 4.79 Å². The van der Waals surface area contributed by atoms with E-state index in [2.05, 4.69) is 10.3 Å². The van der Waals surface area contributed by atoms with Crippen molar-refractivity contribution in [2.75, 3.05) is 11.9 Å². The van der Waals surface area contributed by atoms with Gasteiger partial charge in [0.05, 0.1) is 17.8 Å². The minimum absolute atomic E-state index is 0.000554. The van der Waals surface area contributed by atoms with Gasteiger partial charge < -0.3 is 15.3 Å². The fourth-order valence-corrected chi connectivity index (χ4v) is 2.49. The Morgan fingerprint density at radius 1 is 1.50 bits per heavy atom. The minimum atomic E-state index is -0.868. The predicted molar refractivity (Wildman–Crippen MR) is 74.6 cm³/mol. The molecule has 1 saturated heterocycles.